The van der Waals surface area contributed by atoms with Gasteiger partial charge in [-0.05, 0) is 27.8 Å². The molecule has 122 valence electrons. The fraction of sp³-hybridized carbons (Fsp3) is 0.667. The molecule has 9 heteroatoms. The van der Waals surface area contributed by atoms with E-state index in [1.807, 2.05) is 4.72 Å². The predicted octanol–water partition coefficient (Wildman–Crippen LogP) is 2.24. The summed E-state index contributed by atoms with van der Waals surface area (Å²) < 4.78 is 68.8. The lowest BCUT2D eigenvalue weighted by molar-refractivity contribution is -0.137. The van der Waals surface area contributed by atoms with E-state index in [2.05, 4.69) is 5.32 Å². The van der Waals surface area contributed by atoms with E-state index in [0.29, 0.717) is 11.3 Å². The van der Waals surface area contributed by atoms with Crippen LogP contribution in [0.5, 0.6) is 0 Å². The lowest BCUT2D eigenvalue weighted by Gasteiger charge is -2.16. The molecule has 1 atom stereocenters. The van der Waals surface area contributed by atoms with Gasteiger partial charge in [-0.25, -0.2) is 13.1 Å². The van der Waals surface area contributed by atoms with Crippen molar-refractivity contribution < 1.29 is 26.0 Å². The van der Waals surface area contributed by atoms with Crippen LogP contribution in [0.4, 0.5) is 13.2 Å². The number of halogens is 3. The van der Waals surface area contributed by atoms with Gasteiger partial charge in [-0.15, -0.1) is 0 Å². The molecule has 0 bridgehead atoms. The molecule has 0 spiro atoms. The molecule has 1 unspecified atom stereocenters. The predicted molar refractivity (Wildman–Crippen MR) is 71.4 cm³/mol. The Morgan fingerprint density at radius 1 is 1.24 bits per heavy atom. The summed E-state index contributed by atoms with van der Waals surface area (Å²) in [5.41, 5.74) is 0.418. The average Bonchev–Trinajstić information content (AvgIpc) is 2.50. The number of alkyl halides is 3. The molecule has 0 aliphatic heterocycles. The standard InChI is InChI=1S/C12H19F3N2O3S/c1-7(5-12(13,14)15)17-21(18,19)11-9(3)20-8(2)10(11)6-16-4/h7,16-17H,5-6H2,1-4H3. The fourth-order valence-electron chi connectivity index (χ4n) is 2.16. The second-order valence-electron chi connectivity index (χ2n) is 4.89. The molecular formula is C12H19F3N2O3S. The lowest BCUT2D eigenvalue weighted by Crippen LogP contribution is -2.36. The van der Waals surface area contributed by atoms with Crippen molar-refractivity contribution in [1.82, 2.24) is 10.0 Å². The number of nitrogens with one attached hydrogen (secondary N) is 2. The van der Waals surface area contributed by atoms with Crippen molar-refractivity contribution in [3.8, 4) is 0 Å². The van der Waals surface area contributed by atoms with E-state index < -0.39 is 28.7 Å². The van der Waals surface area contributed by atoms with Crippen LogP contribution in [0.2, 0.25) is 0 Å². The van der Waals surface area contributed by atoms with Gasteiger partial charge in [-0.1, -0.05) is 0 Å². The highest BCUT2D eigenvalue weighted by Gasteiger charge is 2.34. The third kappa shape index (κ3) is 4.72. The van der Waals surface area contributed by atoms with E-state index in [1.165, 1.54) is 13.8 Å². The summed E-state index contributed by atoms with van der Waals surface area (Å²) in [5, 5.41) is 2.81. The highest BCUT2D eigenvalue weighted by atomic mass is 32.2. The Morgan fingerprint density at radius 3 is 2.29 bits per heavy atom. The molecule has 0 aliphatic carbocycles. The second-order valence-corrected chi connectivity index (χ2v) is 6.54. The van der Waals surface area contributed by atoms with Gasteiger partial charge < -0.3 is 9.73 Å². The van der Waals surface area contributed by atoms with Gasteiger partial charge in [0, 0.05) is 18.2 Å². The SMILES string of the molecule is CNCc1c(C)oc(C)c1S(=O)(=O)NC(C)CC(F)(F)F. The Labute approximate surface area is 122 Å². The van der Waals surface area contributed by atoms with E-state index in [4.69, 9.17) is 4.42 Å². The third-order valence-electron chi connectivity index (χ3n) is 2.84. The van der Waals surface area contributed by atoms with Gasteiger partial charge in [0.1, 0.15) is 16.4 Å². The third-order valence-corrected chi connectivity index (χ3v) is 4.63. The Balaban J connectivity index is 3.09. The number of hydrogen-bond acceptors (Lipinski definition) is 4. The number of furan rings is 1. The minimum Gasteiger partial charge on any atom is -0.465 e. The van der Waals surface area contributed by atoms with Crippen LogP contribution >= 0.6 is 0 Å². The maximum absolute atomic E-state index is 12.3. The fourth-order valence-corrected chi connectivity index (χ4v) is 3.85. The van der Waals surface area contributed by atoms with Crippen molar-refractivity contribution in [2.45, 2.75) is 50.9 Å². The molecule has 0 fully saturated rings. The van der Waals surface area contributed by atoms with Crippen LogP contribution in [0.3, 0.4) is 0 Å². The molecule has 0 saturated heterocycles. The van der Waals surface area contributed by atoms with E-state index in [0.717, 1.165) is 0 Å². The first-order valence-corrected chi connectivity index (χ1v) is 7.78. The summed E-state index contributed by atoms with van der Waals surface area (Å²) >= 11 is 0. The molecule has 1 heterocycles. The maximum Gasteiger partial charge on any atom is 0.390 e. The molecule has 0 radical (unpaired) electrons. The first-order chi connectivity index (χ1) is 9.48. The van der Waals surface area contributed by atoms with Crippen LogP contribution in [-0.2, 0) is 16.6 Å². The highest BCUT2D eigenvalue weighted by Crippen LogP contribution is 2.28. The summed E-state index contributed by atoms with van der Waals surface area (Å²) in [6.07, 6.45) is -5.67. The van der Waals surface area contributed by atoms with Crippen molar-refractivity contribution in [2.24, 2.45) is 0 Å². The van der Waals surface area contributed by atoms with Gasteiger partial charge >= 0.3 is 6.18 Å². The molecule has 21 heavy (non-hydrogen) atoms. The van der Waals surface area contributed by atoms with E-state index in [-0.39, 0.29) is 17.2 Å². The van der Waals surface area contributed by atoms with Gasteiger partial charge in [-0.3, -0.25) is 0 Å². The van der Waals surface area contributed by atoms with Crippen molar-refractivity contribution >= 4 is 10.0 Å². The van der Waals surface area contributed by atoms with Crippen LogP contribution in [0.15, 0.2) is 9.31 Å². The monoisotopic (exact) mass is 328 g/mol. The first-order valence-electron chi connectivity index (χ1n) is 6.30. The van der Waals surface area contributed by atoms with Crippen LogP contribution in [0.1, 0.15) is 30.4 Å². The van der Waals surface area contributed by atoms with Crippen LogP contribution < -0.4 is 10.0 Å². The van der Waals surface area contributed by atoms with Gasteiger partial charge in [-0.2, -0.15) is 13.2 Å². The summed E-state index contributed by atoms with van der Waals surface area (Å²) in [6, 6.07) is -1.26. The minimum atomic E-state index is -4.43. The summed E-state index contributed by atoms with van der Waals surface area (Å²) in [6.45, 7) is 4.49. The molecule has 1 aromatic rings. The quantitative estimate of drug-likeness (QED) is 0.840. The normalized spacial score (nSPS) is 14.4. The molecule has 0 amide bonds. The maximum atomic E-state index is 12.3. The van der Waals surface area contributed by atoms with Crippen LogP contribution in [0, 0.1) is 13.8 Å². The van der Waals surface area contributed by atoms with Gasteiger partial charge in [0.05, 0.1) is 6.42 Å². The molecule has 5 nitrogen and oxygen atoms in total. The Morgan fingerprint density at radius 2 is 1.81 bits per heavy atom. The number of rotatable bonds is 6. The zero-order valence-electron chi connectivity index (χ0n) is 12.3. The second kappa shape index (κ2) is 6.37. The molecule has 1 aromatic heterocycles. The number of aryl methyl sites for hydroxylation is 2. The van der Waals surface area contributed by atoms with Crippen molar-refractivity contribution in [3.05, 3.63) is 17.1 Å². The highest BCUT2D eigenvalue weighted by molar-refractivity contribution is 7.89. The minimum absolute atomic E-state index is 0.0941. The van der Waals surface area contributed by atoms with Crippen molar-refractivity contribution in [2.75, 3.05) is 7.05 Å². The first kappa shape index (κ1) is 18.0. The molecule has 2 N–H and O–H groups in total. The zero-order chi connectivity index (χ0) is 16.4. The zero-order valence-corrected chi connectivity index (χ0v) is 13.1. The van der Waals surface area contributed by atoms with Crippen LogP contribution in [0.25, 0.3) is 0 Å². The largest absolute Gasteiger partial charge is 0.465 e. The Kier molecular flexibility index (Phi) is 5.46. The molecule has 0 aliphatic rings. The van der Waals surface area contributed by atoms with Crippen LogP contribution in [-0.4, -0.2) is 27.7 Å². The summed E-state index contributed by atoms with van der Waals surface area (Å²) in [4.78, 5) is -0.0941. The molecule has 0 saturated carbocycles. The Bertz CT molecular complexity index is 594. The number of sulfonamides is 1. The van der Waals surface area contributed by atoms with Gasteiger partial charge in [0.15, 0.2) is 0 Å². The molecular weight excluding hydrogens is 309 g/mol. The number of hydrogen-bond donors (Lipinski definition) is 2. The summed E-state index contributed by atoms with van der Waals surface area (Å²) in [7, 11) is -2.44. The molecule has 0 aromatic carbocycles. The van der Waals surface area contributed by atoms with E-state index in [1.54, 1.807) is 14.0 Å². The average molecular weight is 328 g/mol. The topological polar surface area (TPSA) is 71.3 Å². The van der Waals surface area contributed by atoms with E-state index >= 15 is 0 Å². The Hall–Kier alpha value is -1.06. The van der Waals surface area contributed by atoms with Crippen molar-refractivity contribution in [1.29, 1.82) is 0 Å². The lowest BCUT2D eigenvalue weighted by atomic mass is 10.2. The molecule has 1 rings (SSSR count). The smallest absolute Gasteiger partial charge is 0.390 e. The van der Waals surface area contributed by atoms with Crippen molar-refractivity contribution in [3.63, 3.8) is 0 Å². The van der Waals surface area contributed by atoms with Gasteiger partial charge in [0.25, 0.3) is 0 Å². The summed E-state index contributed by atoms with van der Waals surface area (Å²) in [5.74, 6) is 0.579. The van der Waals surface area contributed by atoms with Gasteiger partial charge in [0.2, 0.25) is 10.0 Å². The van der Waals surface area contributed by atoms with E-state index in [9.17, 15) is 21.6 Å².